The fraction of sp³-hybridized carbons (Fsp3) is 0.259. The van der Waals surface area contributed by atoms with E-state index in [0.29, 0.717) is 17.9 Å². The van der Waals surface area contributed by atoms with Gasteiger partial charge in [-0.25, -0.2) is 8.42 Å². The van der Waals surface area contributed by atoms with Crippen molar-refractivity contribution in [2.24, 2.45) is 0 Å². The van der Waals surface area contributed by atoms with Crippen LogP contribution in [0.1, 0.15) is 19.4 Å². The third-order valence-corrected chi connectivity index (χ3v) is 8.33. The van der Waals surface area contributed by atoms with Gasteiger partial charge >= 0.3 is 0 Å². The summed E-state index contributed by atoms with van der Waals surface area (Å²) in [5.74, 6) is -0.363. The van der Waals surface area contributed by atoms with Crippen LogP contribution in [0.25, 0.3) is 0 Å². The van der Waals surface area contributed by atoms with Crippen molar-refractivity contribution in [2.75, 3.05) is 24.5 Å². The van der Waals surface area contributed by atoms with Gasteiger partial charge in [0.05, 0.1) is 27.7 Å². The number of sulfonamides is 1. The average molecular weight is 579 g/mol. The molecule has 11 heteroatoms. The van der Waals surface area contributed by atoms with Crippen LogP contribution in [-0.4, -0.2) is 51.4 Å². The maximum atomic E-state index is 13.8. The molecule has 3 aromatic carbocycles. The molecular weight excluding hydrogens is 549 g/mol. The van der Waals surface area contributed by atoms with E-state index in [2.05, 4.69) is 5.32 Å². The highest BCUT2D eigenvalue weighted by molar-refractivity contribution is 7.92. The number of hydrogen-bond acceptors (Lipinski definition) is 5. The summed E-state index contributed by atoms with van der Waals surface area (Å²) in [6.07, 6.45) is 0. The third-order valence-electron chi connectivity index (χ3n) is 5.81. The van der Waals surface area contributed by atoms with Crippen LogP contribution < -0.4 is 14.4 Å². The number of rotatable bonds is 11. The van der Waals surface area contributed by atoms with Gasteiger partial charge in [0.1, 0.15) is 18.3 Å². The zero-order valence-electron chi connectivity index (χ0n) is 21.2. The SMILES string of the molecule is CCNC(=O)[C@H](C)N(Cc1cccc(OC)c1)C(=O)CN(c1ccc(Cl)c(Cl)c1)S(=O)(=O)c1ccccc1. The zero-order chi connectivity index (χ0) is 27.9. The molecule has 38 heavy (non-hydrogen) atoms. The molecule has 0 spiro atoms. The molecule has 0 aliphatic carbocycles. The molecule has 0 saturated heterocycles. The van der Waals surface area contributed by atoms with E-state index in [1.165, 1.54) is 42.3 Å². The molecule has 0 bridgehead atoms. The van der Waals surface area contributed by atoms with Crippen LogP contribution in [-0.2, 0) is 26.2 Å². The largest absolute Gasteiger partial charge is 0.497 e. The number of halogens is 2. The lowest BCUT2D eigenvalue weighted by Gasteiger charge is -2.32. The standard InChI is InChI=1S/C27H29Cl2N3O5S/c1-4-30-27(34)19(2)31(17-20-9-8-10-22(15-20)37-3)26(33)18-32(21-13-14-24(28)25(29)16-21)38(35,36)23-11-6-5-7-12-23/h5-16,19H,4,17-18H2,1-3H3,(H,30,34)/t19-/m0/s1. The van der Waals surface area contributed by atoms with Crippen LogP contribution in [0.4, 0.5) is 5.69 Å². The molecule has 0 unspecified atom stereocenters. The molecule has 3 aromatic rings. The van der Waals surface area contributed by atoms with E-state index in [1.807, 2.05) is 0 Å². The summed E-state index contributed by atoms with van der Waals surface area (Å²) in [6.45, 7) is 3.22. The van der Waals surface area contributed by atoms with Crippen molar-refractivity contribution in [3.63, 3.8) is 0 Å². The van der Waals surface area contributed by atoms with Gasteiger partial charge in [-0.15, -0.1) is 0 Å². The number of carbonyl (C=O) groups is 2. The van der Waals surface area contributed by atoms with Crippen LogP contribution >= 0.6 is 23.2 Å². The maximum absolute atomic E-state index is 13.8. The first kappa shape index (κ1) is 29.3. The molecule has 0 aromatic heterocycles. The van der Waals surface area contributed by atoms with Crippen LogP contribution in [0.3, 0.4) is 0 Å². The summed E-state index contributed by atoms with van der Waals surface area (Å²) in [7, 11) is -2.66. The average Bonchev–Trinajstić information content (AvgIpc) is 2.92. The summed E-state index contributed by atoms with van der Waals surface area (Å²) in [5, 5.41) is 3.09. The number of ether oxygens (including phenoxy) is 1. The van der Waals surface area contributed by atoms with E-state index >= 15 is 0 Å². The number of nitrogens with zero attached hydrogens (tertiary/aromatic N) is 2. The Hall–Kier alpha value is -3.27. The van der Waals surface area contributed by atoms with Crippen LogP contribution in [0.15, 0.2) is 77.7 Å². The lowest BCUT2D eigenvalue weighted by atomic mass is 10.1. The Morgan fingerprint density at radius 2 is 1.68 bits per heavy atom. The van der Waals surface area contributed by atoms with Gasteiger partial charge in [0, 0.05) is 13.1 Å². The molecule has 2 amide bonds. The fourth-order valence-corrected chi connectivity index (χ4v) is 5.48. The molecule has 0 aliphatic rings. The number of hydrogen-bond donors (Lipinski definition) is 1. The van der Waals surface area contributed by atoms with Crippen LogP contribution in [0, 0.1) is 0 Å². The Morgan fingerprint density at radius 3 is 2.32 bits per heavy atom. The summed E-state index contributed by atoms with van der Waals surface area (Å²) < 4.78 is 33.7. The second-order valence-electron chi connectivity index (χ2n) is 8.37. The first-order valence-corrected chi connectivity index (χ1v) is 14.0. The van der Waals surface area contributed by atoms with Crippen molar-refractivity contribution in [1.29, 1.82) is 0 Å². The maximum Gasteiger partial charge on any atom is 0.264 e. The van der Waals surface area contributed by atoms with E-state index in [1.54, 1.807) is 56.3 Å². The zero-order valence-corrected chi connectivity index (χ0v) is 23.6. The molecule has 0 heterocycles. The topological polar surface area (TPSA) is 96.0 Å². The fourth-order valence-electron chi connectivity index (χ4n) is 3.76. The minimum absolute atomic E-state index is 0.00464. The molecule has 1 atom stereocenters. The molecule has 0 fully saturated rings. The van der Waals surface area contributed by atoms with Gasteiger partial charge in [-0.2, -0.15) is 0 Å². The van der Waals surface area contributed by atoms with E-state index in [4.69, 9.17) is 27.9 Å². The quantitative estimate of drug-likeness (QED) is 0.354. The Morgan fingerprint density at radius 1 is 0.974 bits per heavy atom. The van der Waals surface area contributed by atoms with Crippen molar-refractivity contribution < 1.29 is 22.7 Å². The number of anilines is 1. The van der Waals surface area contributed by atoms with Crippen molar-refractivity contribution in [2.45, 2.75) is 31.3 Å². The number of carbonyl (C=O) groups excluding carboxylic acids is 2. The van der Waals surface area contributed by atoms with E-state index in [0.717, 1.165) is 4.31 Å². The first-order valence-electron chi connectivity index (χ1n) is 11.8. The van der Waals surface area contributed by atoms with Gasteiger partial charge in [0.2, 0.25) is 11.8 Å². The van der Waals surface area contributed by atoms with Crippen molar-refractivity contribution >= 4 is 50.7 Å². The number of likely N-dealkylation sites (N-methyl/N-ethyl adjacent to an activating group) is 1. The van der Waals surface area contributed by atoms with Gasteiger partial charge < -0.3 is 15.0 Å². The Labute approximate surface area is 233 Å². The third kappa shape index (κ3) is 6.98. The van der Waals surface area contributed by atoms with Gasteiger partial charge in [-0.05, 0) is 61.9 Å². The van der Waals surface area contributed by atoms with Gasteiger partial charge in [0.15, 0.2) is 0 Å². The van der Waals surface area contributed by atoms with Crippen LogP contribution in [0.5, 0.6) is 5.75 Å². The van der Waals surface area contributed by atoms with Crippen molar-refractivity contribution in [3.8, 4) is 5.75 Å². The molecule has 0 saturated carbocycles. The number of benzene rings is 3. The highest BCUT2D eigenvalue weighted by Crippen LogP contribution is 2.31. The smallest absolute Gasteiger partial charge is 0.264 e. The molecular formula is C27H29Cl2N3O5S. The molecule has 1 N–H and O–H groups in total. The Kier molecular flexibility index (Phi) is 10.0. The predicted molar refractivity (Wildman–Crippen MR) is 149 cm³/mol. The number of nitrogens with one attached hydrogen (secondary N) is 1. The summed E-state index contributed by atoms with van der Waals surface area (Å²) in [5.41, 5.74) is 0.865. The minimum atomic E-state index is -4.19. The highest BCUT2D eigenvalue weighted by atomic mass is 35.5. The normalized spacial score (nSPS) is 11.9. The lowest BCUT2D eigenvalue weighted by molar-refractivity contribution is -0.139. The van der Waals surface area contributed by atoms with Crippen LogP contribution in [0.2, 0.25) is 10.0 Å². The minimum Gasteiger partial charge on any atom is -0.497 e. The van der Waals surface area contributed by atoms with E-state index < -0.39 is 28.5 Å². The van der Waals surface area contributed by atoms with Crippen molar-refractivity contribution in [3.05, 3.63) is 88.4 Å². The molecule has 8 nitrogen and oxygen atoms in total. The molecule has 202 valence electrons. The Balaban J connectivity index is 2.05. The summed E-state index contributed by atoms with van der Waals surface area (Å²) >= 11 is 12.3. The monoisotopic (exact) mass is 577 g/mol. The summed E-state index contributed by atoms with van der Waals surface area (Å²) in [4.78, 5) is 27.9. The van der Waals surface area contributed by atoms with Gasteiger partial charge in [-0.1, -0.05) is 53.5 Å². The highest BCUT2D eigenvalue weighted by Gasteiger charge is 2.32. The van der Waals surface area contributed by atoms with Gasteiger partial charge in [-0.3, -0.25) is 13.9 Å². The summed E-state index contributed by atoms with van der Waals surface area (Å²) in [6, 6.07) is 18.3. The first-order chi connectivity index (χ1) is 18.1. The van der Waals surface area contributed by atoms with E-state index in [9.17, 15) is 18.0 Å². The lowest BCUT2D eigenvalue weighted by Crippen LogP contribution is -2.51. The van der Waals surface area contributed by atoms with Gasteiger partial charge in [0.25, 0.3) is 10.0 Å². The molecule has 0 aliphatic heterocycles. The predicted octanol–water partition coefficient (Wildman–Crippen LogP) is 4.75. The van der Waals surface area contributed by atoms with Crippen molar-refractivity contribution in [1.82, 2.24) is 10.2 Å². The molecule has 3 rings (SSSR count). The Bertz CT molecular complexity index is 1390. The number of amides is 2. The second-order valence-corrected chi connectivity index (χ2v) is 11.0. The number of methoxy groups -OCH3 is 1. The second kappa shape index (κ2) is 13.0. The van der Waals surface area contributed by atoms with E-state index in [-0.39, 0.29) is 33.1 Å². The molecule has 0 radical (unpaired) electrons.